The van der Waals surface area contributed by atoms with Gasteiger partial charge in [-0.2, -0.15) is 0 Å². The Labute approximate surface area is 55.4 Å². The number of rotatable bonds is 3. The highest BCUT2D eigenvalue weighted by Gasteiger charge is 1.81. The predicted molar refractivity (Wildman–Crippen MR) is 39.2 cm³/mol. The van der Waals surface area contributed by atoms with Crippen molar-refractivity contribution < 1.29 is 4.79 Å². The van der Waals surface area contributed by atoms with Crippen molar-refractivity contribution >= 4 is 5.78 Å². The van der Waals surface area contributed by atoms with Crippen molar-refractivity contribution in [3.63, 3.8) is 0 Å². The average molecular weight is 122 g/mol. The Bertz CT molecular complexity index is 152. The molecule has 0 heterocycles. The van der Waals surface area contributed by atoms with Gasteiger partial charge >= 0.3 is 0 Å². The van der Waals surface area contributed by atoms with Crippen LogP contribution < -0.4 is 0 Å². The SMILES string of the molecule is C=C/C=C\C(=O)/C=C\C. The molecule has 0 aliphatic rings. The maximum Gasteiger partial charge on any atom is 0.178 e. The van der Waals surface area contributed by atoms with Gasteiger partial charge < -0.3 is 0 Å². The number of ketones is 1. The number of allylic oxidation sites excluding steroid dienone is 5. The normalized spacial score (nSPS) is 10.8. The van der Waals surface area contributed by atoms with Gasteiger partial charge in [0.2, 0.25) is 0 Å². The Morgan fingerprint density at radius 3 is 2.56 bits per heavy atom. The molecule has 0 aromatic carbocycles. The minimum atomic E-state index is -0.00241. The van der Waals surface area contributed by atoms with Gasteiger partial charge in [0, 0.05) is 0 Å². The van der Waals surface area contributed by atoms with Gasteiger partial charge in [-0.05, 0) is 19.1 Å². The van der Waals surface area contributed by atoms with Crippen LogP contribution in [-0.2, 0) is 4.79 Å². The van der Waals surface area contributed by atoms with Crippen molar-refractivity contribution in [3.8, 4) is 0 Å². The van der Waals surface area contributed by atoms with Crippen molar-refractivity contribution in [1.82, 2.24) is 0 Å². The van der Waals surface area contributed by atoms with Crippen LogP contribution in [0, 0.1) is 0 Å². The molecule has 0 saturated carbocycles. The Morgan fingerprint density at radius 1 is 1.44 bits per heavy atom. The molecule has 0 fully saturated rings. The van der Waals surface area contributed by atoms with Gasteiger partial charge in [-0.15, -0.1) is 0 Å². The van der Waals surface area contributed by atoms with Crippen LogP contribution in [0.1, 0.15) is 6.92 Å². The van der Waals surface area contributed by atoms with Crippen molar-refractivity contribution in [2.75, 3.05) is 0 Å². The third-order valence-electron chi connectivity index (χ3n) is 0.728. The first-order valence-electron chi connectivity index (χ1n) is 2.77. The van der Waals surface area contributed by atoms with Crippen LogP contribution in [0.3, 0.4) is 0 Å². The summed E-state index contributed by atoms with van der Waals surface area (Å²) in [6.45, 7) is 5.23. The summed E-state index contributed by atoms with van der Waals surface area (Å²) in [6, 6.07) is 0. The first-order chi connectivity index (χ1) is 4.31. The second-order valence-electron chi connectivity index (χ2n) is 1.50. The van der Waals surface area contributed by atoms with E-state index in [0.717, 1.165) is 0 Å². The first kappa shape index (κ1) is 7.89. The van der Waals surface area contributed by atoms with Crippen LogP contribution >= 0.6 is 0 Å². The Morgan fingerprint density at radius 2 is 2.11 bits per heavy atom. The summed E-state index contributed by atoms with van der Waals surface area (Å²) in [7, 11) is 0. The minimum Gasteiger partial charge on any atom is -0.290 e. The van der Waals surface area contributed by atoms with E-state index < -0.39 is 0 Å². The fourth-order valence-electron chi connectivity index (χ4n) is 0.383. The molecule has 0 aliphatic heterocycles. The zero-order valence-electron chi connectivity index (χ0n) is 5.50. The minimum absolute atomic E-state index is 0.00241. The molecule has 0 N–H and O–H groups in total. The maximum absolute atomic E-state index is 10.6. The van der Waals surface area contributed by atoms with Crippen LogP contribution in [0.25, 0.3) is 0 Å². The largest absolute Gasteiger partial charge is 0.290 e. The molecule has 1 nitrogen and oxygen atoms in total. The van der Waals surface area contributed by atoms with Gasteiger partial charge in [0.1, 0.15) is 0 Å². The molecule has 0 spiro atoms. The second-order valence-corrected chi connectivity index (χ2v) is 1.50. The highest BCUT2D eigenvalue weighted by atomic mass is 16.1. The van der Waals surface area contributed by atoms with E-state index in [1.165, 1.54) is 12.2 Å². The van der Waals surface area contributed by atoms with Crippen molar-refractivity contribution in [1.29, 1.82) is 0 Å². The second kappa shape index (κ2) is 5.04. The smallest absolute Gasteiger partial charge is 0.178 e. The fourth-order valence-corrected chi connectivity index (χ4v) is 0.383. The molecule has 1 heteroatoms. The molecule has 0 aromatic rings. The highest BCUT2D eigenvalue weighted by Crippen LogP contribution is 1.79. The summed E-state index contributed by atoms with van der Waals surface area (Å²) in [5, 5.41) is 0. The van der Waals surface area contributed by atoms with E-state index in [9.17, 15) is 4.79 Å². The first-order valence-corrected chi connectivity index (χ1v) is 2.77. The average Bonchev–Trinajstić information content (AvgIpc) is 1.85. The standard InChI is InChI=1S/C8H10O/c1-3-5-7-8(9)6-4-2/h3-7H,1H2,2H3/b6-4-,7-5-. The van der Waals surface area contributed by atoms with E-state index in [2.05, 4.69) is 6.58 Å². The van der Waals surface area contributed by atoms with Crippen LogP contribution in [0.15, 0.2) is 37.0 Å². The van der Waals surface area contributed by atoms with Crippen LogP contribution in [0.5, 0.6) is 0 Å². The van der Waals surface area contributed by atoms with E-state index in [1.807, 2.05) is 0 Å². The molecule has 48 valence electrons. The fraction of sp³-hybridized carbons (Fsp3) is 0.125. The maximum atomic E-state index is 10.6. The van der Waals surface area contributed by atoms with E-state index in [1.54, 1.807) is 25.2 Å². The van der Waals surface area contributed by atoms with Gasteiger partial charge in [-0.25, -0.2) is 0 Å². The lowest BCUT2D eigenvalue weighted by Crippen LogP contribution is -1.81. The van der Waals surface area contributed by atoms with E-state index in [-0.39, 0.29) is 5.78 Å². The lowest BCUT2D eigenvalue weighted by molar-refractivity contribution is -0.110. The Hall–Kier alpha value is -1.11. The Balaban J connectivity index is 3.76. The molecule has 0 atom stereocenters. The topological polar surface area (TPSA) is 17.1 Å². The zero-order valence-corrected chi connectivity index (χ0v) is 5.50. The highest BCUT2D eigenvalue weighted by molar-refractivity contribution is 5.99. The van der Waals surface area contributed by atoms with Crippen molar-refractivity contribution in [2.24, 2.45) is 0 Å². The van der Waals surface area contributed by atoms with Gasteiger partial charge in [0.15, 0.2) is 5.78 Å². The summed E-state index contributed by atoms with van der Waals surface area (Å²) in [4.78, 5) is 10.6. The molecule has 9 heavy (non-hydrogen) atoms. The Kier molecular flexibility index (Phi) is 4.41. The quantitative estimate of drug-likeness (QED) is 0.412. The summed E-state index contributed by atoms with van der Waals surface area (Å²) < 4.78 is 0. The molecule has 0 radical (unpaired) electrons. The zero-order chi connectivity index (χ0) is 7.11. The van der Waals surface area contributed by atoms with Crippen LogP contribution in [0.2, 0.25) is 0 Å². The van der Waals surface area contributed by atoms with Crippen molar-refractivity contribution in [2.45, 2.75) is 6.92 Å². The van der Waals surface area contributed by atoms with E-state index in [0.29, 0.717) is 0 Å². The van der Waals surface area contributed by atoms with E-state index in [4.69, 9.17) is 0 Å². The summed E-state index contributed by atoms with van der Waals surface area (Å²) in [5.41, 5.74) is 0. The molecular weight excluding hydrogens is 112 g/mol. The number of hydrogen-bond acceptors (Lipinski definition) is 1. The summed E-state index contributed by atoms with van der Waals surface area (Å²) in [5.74, 6) is -0.00241. The third kappa shape index (κ3) is 4.75. The van der Waals surface area contributed by atoms with Crippen LogP contribution in [-0.4, -0.2) is 5.78 Å². The van der Waals surface area contributed by atoms with Crippen molar-refractivity contribution in [3.05, 3.63) is 37.0 Å². The van der Waals surface area contributed by atoms with E-state index >= 15 is 0 Å². The molecule has 0 rings (SSSR count). The lowest BCUT2D eigenvalue weighted by atomic mass is 10.3. The van der Waals surface area contributed by atoms with Crippen LogP contribution in [0.4, 0.5) is 0 Å². The van der Waals surface area contributed by atoms with Gasteiger partial charge in [-0.1, -0.05) is 24.8 Å². The monoisotopic (exact) mass is 122 g/mol. The number of carbonyl (C=O) groups excluding carboxylic acids is 1. The molecule has 0 aliphatic carbocycles. The van der Waals surface area contributed by atoms with Gasteiger partial charge in [0.25, 0.3) is 0 Å². The predicted octanol–water partition coefficient (Wildman–Crippen LogP) is 1.87. The molecule has 0 saturated heterocycles. The molecule has 0 aromatic heterocycles. The molecule has 0 unspecified atom stereocenters. The summed E-state index contributed by atoms with van der Waals surface area (Å²) >= 11 is 0. The number of carbonyl (C=O) groups is 1. The number of hydrogen-bond donors (Lipinski definition) is 0. The summed E-state index contributed by atoms with van der Waals surface area (Å²) in [6.07, 6.45) is 7.85. The molecular formula is C8H10O. The third-order valence-corrected chi connectivity index (χ3v) is 0.728. The molecule has 0 bridgehead atoms. The molecule has 0 amide bonds. The van der Waals surface area contributed by atoms with Gasteiger partial charge in [0.05, 0.1) is 0 Å². The van der Waals surface area contributed by atoms with Gasteiger partial charge in [-0.3, -0.25) is 4.79 Å². The lowest BCUT2D eigenvalue weighted by Gasteiger charge is -1.76.